The van der Waals surface area contributed by atoms with Crippen LogP contribution in [0.3, 0.4) is 0 Å². The summed E-state index contributed by atoms with van der Waals surface area (Å²) < 4.78 is 17.1. The minimum absolute atomic E-state index is 0.705. The first-order valence-corrected chi connectivity index (χ1v) is 7.71. The van der Waals surface area contributed by atoms with Crippen LogP contribution >= 0.6 is 15.9 Å². The lowest BCUT2D eigenvalue weighted by Crippen LogP contribution is -2.18. The highest BCUT2D eigenvalue weighted by Crippen LogP contribution is 2.36. The molecular formula is C15H24BrNO3. The minimum Gasteiger partial charge on any atom is -0.493 e. The number of nitrogens with one attached hydrogen (secondary N) is 1. The largest absolute Gasteiger partial charge is 0.493 e. The molecule has 0 aliphatic carbocycles. The monoisotopic (exact) mass is 345 g/mol. The van der Waals surface area contributed by atoms with Gasteiger partial charge in [0.2, 0.25) is 0 Å². The number of hydrogen-bond acceptors (Lipinski definition) is 4. The highest BCUT2D eigenvalue weighted by atomic mass is 79.9. The van der Waals surface area contributed by atoms with E-state index in [0.717, 1.165) is 47.5 Å². The van der Waals surface area contributed by atoms with Gasteiger partial charge < -0.3 is 19.5 Å². The van der Waals surface area contributed by atoms with Gasteiger partial charge in [0.05, 0.1) is 24.8 Å². The molecule has 0 bridgehead atoms. The smallest absolute Gasteiger partial charge is 0.175 e. The molecule has 0 spiro atoms. The molecule has 0 amide bonds. The Morgan fingerprint density at radius 2 is 2.00 bits per heavy atom. The lowest BCUT2D eigenvalue weighted by Gasteiger charge is -2.14. The lowest BCUT2D eigenvalue weighted by molar-refractivity contribution is 0.199. The van der Waals surface area contributed by atoms with Crippen LogP contribution in [0.4, 0.5) is 0 Å². The summed E-state index contributed by atoms with van der Waals surface area (Å²) in [5.41, 5.74) is 1.15. The Labute approximate surface area is 129 Å². The van der Waals surface area contributed by atoms with Crippen molar-refractivity contribution in [3.63, 3.8) is 0 Å². The lowest BCUT2D eigenvalue weighted by atomic mass is 10.2. The zero-order valence-electron chi connectivity index (χ0n) is 12.5. The Balaban J connectivity index is 2.68. The second-order valence-corrected chi connectivity index (χ2v) is 5.33. The molecule has 1 aromatic carbocycles. The number of unbranched alkanes of at least 4 members (excludes halogenated alkanes) is 1. The third-order valence-corrected chi connectivity index (χ3v) is 3.43. The number of ether oxygens (including phenoxy) is 3. The van der Waals surface area contributed by atoms with Gasteiger partial charge in [-0.1, -0.05) is 13.3 Å². The molecule has 4 nitrogen and oxygen atoms in total. The average molecular weight is 346 g/mol. The van der Waals surface area contributed by atoms with E-state index in [2.05, 4.69) is 34.2 Å². The van der Waals surface area contributed by atoms with Crippen molar-refractivity contribution in [2.45, 2.75) is 26.3 Å². The molecule has 1 aromatic rings. The van der Waals surface area contributed by atoms with Gasteiger partial charge in [0.25, 0.3) is 0 Å². The van der Waals surface area contributed by atoms with E-state index in [9.17, 15) is 0 Å². The zero-order valence-corrected chi connectivity index (χ0v) is 14.1. The van der Waals surface area contributed by atoms with Gasteiger partial charge in [-0.2, -0.15) is 0 Å². The maximum absolute atomic E-state index is 5.78. The van der Waals surface area contributed by atoms with E-state index in [0.29, 0.717) is 13.2 Å². The maximum atomic E-state index is 5.78. The fraction of sp³-hybridized carbons (Fsp3) is 0.600. The minimum atomic E-state index is 0.705. The molecule has 1 N–H and O–H groups in total. The molecule has 5 heteroatoms. The fourth-order valence-electron chi connectivity index (χ4n) is 1.74. The highest BCUT2D eigenvalue weighted by Gasteiger charge is 2.11. The molecule has 114 valence electrons. The number of benzene rings is 1. The van der Waals surface area contributed by atoms with E-state index in [1.165, 1.54) is 0 Å². The van der Waals surface area contributed by atoms with Crippen molar-refractivity contribution in [2.75, 3.05) is 34.0 Å². The van der Waals surface area contributed by atoms with Crippen LogP contribution in [-0.4, -0.2) is 34.0 Å². The van der Waals surface area contributed by atoms with Crippen molar-refractivity contribution in [3.8, 4) is 11.5 Å². The number of rotatable bonds is 10. The molecule has 0 fully saturated rings. The molecule has 1 rings (SSSR count). The van der Waals surface area contributed by atoms with Crippen LogP contribution in [0, 0.1) is 0 Å². The molecule has 0 atom stereocenters. The van der Waals surface area contributed by atoms with E-state index in [4.69, 9.17) is 14.2 Å². The predicted octanol–water partition coefficient (Wildman–Crippen LogP) is 3.37. The fourth-order valence-corrected chi connectivity index (χ4v) is 2.34. The third-order valence-electron chi connectivity index (χ3n) is 2.85. The topological polar surface area (TPSA) is 39.7 Å². The van der Waals surface area contributed by atoms with Gasteiger partial charge in [-0.05, 0) is 40.0 Å². The van der Waals surface area contributed by atoms with E-state index < -0.39 is 0 Å². The van der Waals surface area contributed by atoms with Gasteiger partial charge in [0.1, 0.15) is 0 Å². The second-order valence-electron chi connectivity index (χ2n) is 4.48. The normalized spacial score (nSPS) is 10.6. The average Bonchev–Trinajstić information content (AvgIpc) is 2.45. The Hall–Kier alpha value is -0.780. The van der Waals surface area contributed by atoms with Crippen LogP contribution in [0.15, 0.2) is 16.6 Å². The number of halogens is 1. The van der Waals surface area contributed by atoms with Crippen LogP contribution in [0.1, 0.15) is 25.3 Å². The molecule has 0 saturated heterocycles. The molecule has 0 aliphatic rings. The first kappa shape index (κ1) is 17.3. The van der Waals surface area contributed by atoms with E-state index in [-0.39, 0.29) is 0 Å². The van der Waals surface area contributed by atoms with Crippen LogP contribution in [0.5, 0.6) is 11.5 Å². The molecular weight excluding hydrogens is 322 g/mol. The van der Waals surface area contributed by atoms with Crippen molar-refractivity contribution in [1.29, 1.82) is 0 Å². The Bertz CT molecular complexity index is 399. The number of methoxy groups -OCH3 is 2. The van der Waals surface area contributed by atoms with Gasteiger partial charge in [-0.25, -0.2) is 0 Å². The molecule has 0 heterocycles. The van der Waals surface area contributed by atoms with Crippen molar-refractivity contribution in [2.24, 2.45) is 0 Å². The summed E-state index contributed by atoms with van der Waals surface area (Å²) in [6.07, 6.45) is 2.15. The van der Waals surface area contributed by atoms with Gasteiger partial charge in [0.15, 0.2) is 11.5 Å². The van der Waals surface area contributed by atoms with Crippen molar-refractivity contribution >= 4 is 15.9 Å². The van der Waals surface area contributed by atoms with E-state index in [1.807, 2.05) is 6.07 Å². The summed E-state index contributed by atoms with van der Waals surface area (Å²) in [6.45, 7) is 5.15. The first-order valence-electron chi connectivity index (χ1n) is 6.91. The zero-order chi connectivity index (χ0) is 14.8. The maximum Gasteiger partial charge on any atom is 0.175 e. The van der Waals surface area contributed by atoms with Gasteiger partial charge in [-0.3, -0.25) is 0 Å². The third kappa shape index (κ3) is 5.69. The summed E-state index contributed by atoms with van der Waals surface area (Å²) in [4.78, 5) is 0. The molecule has 0 aromatic heterocycles. The summed E-state index contributed by atoms with van der Waals surface area (Å²) in [5, 5.41) is 3.31. The van der Waals surface area contributed by atoms with Crippen LogP contribution < -0.4 is 14.8 Å². The van der Waals surface area contributed by atoms with Crippen LogP contribution in [0.25, 0.3) is 0 Å². The van der Waals surface area contributed by atoms with E-state index >= 15 is 0 Å². The van der Waals surface area contributed by atoms with Crippen molar-refractivity contribution < 1.29 is 14.2 Å². The second kappa shape index (κ2) is 10.0. The van der Waals surface area contributed by atoms with Gasteiger partial charge >= 0.3 is 0 Å². The van der Waals surface area contributed by atoms with Gasteiger partial charge in [-0.15, -0.1) is 0 Å². The Morgan fingerprint density at radius 1 is 1.20 bits per heavy atom. The Morgan fingerprint density at radius 3 is 2.65 bits per heavy atom. The molecule has 0 saturated carbocycles. The number of hydrogen-bond donors (Lipinski definition) is 1. The van der Waals surface area contributed by atoms with Crippen molar-refractivity contribution in [1.82, 2.24) is 5.32 Å². The molecule has 20 heavy (non-hydrogen) atoms. The first-order chi connectivity index (χ1) is 9.72. The summed E-state index contributed by atoms with van der Waals surface area (Å²) in [6, 6.07) is 4.06. The van der Waals surface area contributed by atoms with Crippen molar-refractivity contribution in [3.05, 3.63) is 22.2 Å². The van der Waals surface area contributed by atoms with E-state index in [1.54, 1.807) is 14.2 Å². The van der Waals surface area contributed by atoms with Crippen LogP contribution in [-0.2, 0) is 11.3 Å². The highest BCUT2D eigenvalue weighted by molar-refractivity contribution is 9.10. The summed E-state index contributed by atoms with van der Waals surface area (Å²) >= 11 is 3.56. The quantitative estimate of drug-likeness (QED) is 0.660. The molecule has 0 unspecified atom stereocenters. The predicted molar refractivity (Wildman–Crippen MR) is 84.7 cm³/mol. The SMILES string of the molecule is CCCCOc1c(Br)cc(CNCCOC)cc1OC. The van der Waals surface area contributed by atoms with Crippen LogP contribution in [0.2, 0.25) is 0 Å². The summed E-state index contributed by atoms with van der Waals surface area (Å²) in [5.74, 6) is 1.54. The summed E-state index contributed by atoms with van der Waals surface area (Å²) in [7, 11) is 3.36. The standard InChI is InChI=1S/C15H24BrNO3/c1-4-5-7-20-15-13(16)9-12(10-14(15)19-3)11-17-6-8-18-2/h9-10,17H,4-8,11H2,1-3H3. The molecule has 0 radical (unpaired) electrons. The molecule has 0 aliphatic heterocycles. The Kier molecular flexibility index (Phi) is 8.65. The van der Waals surface area contributed by atoms with Gasteiger partial charge in [0, 0.05) is 20.2 Å².